The van der Waals surface area contributed by atoms with Gasteiger partial charge in [-0.25, -0.2) is 0 Å². The van der Waals surface area contributed by atoms with Crippen LogP contribution in [0.1, 0.15) is 19.3 Å². The van der Waals surface area contributed by atoms with Crippen LogP contribution in [0.4, 0.5) is 0 Å². The van der Waals surface area contributed by atoms with E-state index in [0.29, 0.717) is 0 Å². The largest absolute Gasteiger partial charge is 0.481 e. The predicted octanol–water partition coefficient (Wildman–Crippen LogP) is 0.803. The van der Waals surface area contributed by atoms with Gasteiger partial charge in [0, 0.05) is 6.54 Å². The Labute approximate surface area is 67.0 Å². The molecule has 3 nitrogen and oxygen atoms in total. The van der Waals surface area contributed by atoms with Crippen molar-refractivity contribution in [1.29, 1.82) is 0 Å². The number of likely N-dealkylation sites (tertiary alicyclic amines) is 1. The van der Waals surface area contributed by atoms with Crippen LogP contribution in [0.5, 0.6) is 0 Å². The van der Waals surface area contributed by atoms with Gasteiger partial charge in [-0.2, -0.15) is 0 Å². The van der Waals surface area contributed by atoms with E-state index >= 15 is 0 Å². The predicted molar refractivity (Wildman–Crippen MR) is 42.5 cm³/mol. The Balaban J connectivity index is 2.45. The topological polar surface area (TPSA) is 40.5 Å². The zero-order valence-electron chi connectivity index (χ0n) is 6.92. The summed E-state index contributed by atoms with van der Waals surface area (Å²) in [6, 6.07) is 0. The Kier molecular flexibility index (Phi) is 2.88. The van der Waals surface area contributed by atoms with Crippen molar-refractivity contribution in [2.24, 2.45) is 5.92 Å². The second kappa shape index (κ2) is 3.72. The lowest BCUT2D eigenvalue weighted by Gasteiger charge is -2.15. The third-order valence-corrected chi connectivity index (χ3v) is 2.22. The van der Waals surface area contributed by atoms with Gasteiger partial charge in [-0.15, -0.1) is 0 Å². The lowest BCUT2D eigenvalue weighted by Crippen LogP contribution is -2.28. The standard InChI is InChI=1S/C8H15NO2/c1-9-5-3-2-4-7(6-9)8(10)11/h7H,2-6H2,1H3,(H,10,11)/t7-/m1/s1. The lowest BCUT2D eigenvalue weighted by atomic mass is 10.0. The van der Waals surface area contributed by atoms with Gasteiger partial charge < -0.3 is 10.0 Å². The minimum Gasteiger partial charge on any atom is -0.481 e. The van der Waals surface area contributed by atoms with E-state index in [2.05, 4.69) is 4.90 Å². The summed E-state index contributed by atoms with van der Waals surface area (Å²) >= 11 is 0. The maximum atomic E-state index is 10.6. The van der Waals surface area contributed by atoms with Crippen molar-refractivity contribution in [3.05, 3.63) is 0 Å². The molecule has 1 aliphatic heterocycles. The number of hydrogen-bond donors (Lipinski definition) is 1. The molecule has 0 aliphatic carbocycles. The van der Waals surface area contributed by atoms with E-state index < -0.39 is 5.97 Å². The van der Waals surface area contributed by atoms with E-state index in [1.165, 1.54) is 0 Å². The number of carbonyl (C=O) groups is 1. The molecular formula is C8H15NO2. The van der Waals surface area contributed by atoms with Crippen LogP contribution in [0.2, 0.25) is 0 Å². The Hall–Kier alpha value is -0.570. The Morgan fingerprint density at radius 1 is 1.55 bits per heavy atom. The van der Waals surface area contributed by atoms with E-state index in [9.17, 15) is 4.79 Å². The molecule has 3 heteroatoms. The van der Waals surface area contributed by atoms with Crippen LogP contribution in [0.15, 0.2) is 0 Å². The minimum atomic E-state index is -0.640. The minimum absolute atomic E-state index is 0.137. The molecule has 1 aliphatic rings. The molecule has 0 spiro atoms. The molecule has 1 N–H and O–H groups in total. The van der Waals surface area contributed by atoms with Gasteiger partial charge in [-0.05, 0) is 26.4 Å². The molecule has 64 valence electrons. The Bertz CT molecular complexity index is 147. The van der Waals surface area contributed by atoms with Gasteiger partial charge in [0.1, 0.15) is 0 Å². The highest BCUT2D eigenvalue weighted by Crippen LogP contribution is 2.14. The number of carboxylic acid groups (broad SMARTS) is 1. The summed E-state index contributed by atoms with van der Waals surface area (Å²) in [5.74, 6) is -0.777. The summed E-state index contributed by atoms with van der Waals surface area (Å²) in [7, 11) is 1.99. The summed E-state index contributed by atoms with van der Waals surface area (Å²) in [5, 5.41) is 8.75. The molecule has 0 aromatic heterocycles. The molecule has 0 saturated carbocycles. The van der Waals surface area contributed by atoms with Crippen molar-refractivity contribution in [2.75, 3.05) is 20.1 Å². The van der Waals surface area contributed by atoms with E-state index in [-0.39, 0.29) is 5.92 Å². The molecule has 1 heterocycles. The fourth-order valence-electron chi connectivity index (χ4n) is 1.53. The molecule has 0 radical (unpaired) electrons. The summed E-state index contributed by atoms with van der Waals surface area (Å²) in [4.78, 5) is 12.7. The Morgan fingerprint density at radius 3 is 2.91 bits per heavy atom. The van der Waals surface area contributed by atoms with Crippen molar-refractivity contribution < 1.29 is 9.90 Å². The monoisotopic (exact) mass is 157 g/mol. The maximum absolute atomic E-state index is 10.6. The van der Waals surface area contributed by atoms with E-state index in [1.807, 2.05) is 7.05 Å². The van der Waals surface area contributed by atoms with Gasteiger partial charge >= 0.3 is 5.97 Å². The second-order valence-corrected chi connectivity index (χ2v) is 3.29. The van der Waals surface area contributed by atoms with E-state index in [0.717, 1.165) is 32.4 Å². The molecule has 1 fully saturated rings. The third kappa shape index (κ3) is 2.50. The van der Waals surface area contributed by atoms with Gasteiger partial charge in [0.15, 0.2) is 0 Å². The maximum Gasteiger partial charge on any atom is 0.307 e. The molecule has 0 aromatic rings. The van der Waals surface area contributed by atoms with Crippen LogP contribution in [-0.2, 0) is 4.79 Å². The first kappa shape index (κ1) is 8.53. The number of nitrogens with zero attached hydrogens (tertiary/aromatic N) is 1. The highest BCUT2D eigenvalue weighted by atomic mass is 16.4. The average Bonchev–Trinajstić information content (AvgIpc) is 2.13. The van der Waals surface area contributed by atoms with Gasteiger partial charge in [0.25, 0.3) is 0 Å². The zero-order chi connectivity index (χ0) is 8.27. The molecule has 0 aromatic carbocycles. The molecular weight excluding hydrogens is 142 g/mol. The molecule has 0 amide bonds. The Morgan fingerprint density at radius 2 is 2.27 bits per heavy atom. The third-order valence-electron chi connectivity index (χ3n) is 2.22. The molecule has 1 rings (SSSR count). The molecule has 0 unspecified atom stereocenters. The van der Waals surface area contributed by atoms with Crippen LogP contribution < -0.4 is 0 Å². The number of aliphatic carboxylic acids is 1. The number of rotatable bonds is 1. The van der Waals surface area contributed by atoms with Crippen LogP contribution >= 0.6 is 0 Å². The van der Waals surface area contributed by atoms with Crippen LogP contribution in [0, 0.1) is 5.92 Å². The first-order valence-electron chi connectivity index (χ1n) is 4.11. The average molecular weight is 157 g/mol. The van der Waals surface area contributed by atoms with Crippen molar-refractivity contribution in [3.63, 3.8) is 0 Å². The smallest absolute Gasteiger partial charge is 0.307 e. The van der Waals surface area contributed by atoms with Crippen LogP contribution in [-0.4, -0.2) is 36.1 Å². The van der Waals surface area contributed by atoms with E-state index in [1.54, 1.807) is 0 Å². The van der Waals surface area contributed by atoms with Gasteiger partial charge in [-0.1, -0.05) is 6.42 Å². The molecule has 1 saturated heterocycles. The second-order valence-electron chi connectivity index (χ2n) is 3.29. The fourth-order valence-corrected chi connectivity index (χ4v) is 1.53. The quantitative estimate of drug-likeness (QED) is 0.612. The van der Waals surface area contributed by atoms with Crippen molar-refractivity contribution in [2.45, 2.75) is 19.3 Å². The van der Waals surface area contributed by atoms with Crippen molar-refractivity contribution >= 4 is 5.97 Å². The van der Waals surface area contributed by atoms with Gasteiger partial charge in [-0.3, -0.25) is 4.79 Å². The molecule has 1 atom stereocenters. The highest BCUT2D eigenvalue weighted by molar-refractivity contribution is 5.70. The van der Waals surface area contributed by atoms with Crippen LogP contribution in [0.25, 0.3) is 0 Å². The van der Waals surface area contributed by atoms with Crippen molar-refractivity contribution in [1.82, 2.24) is 4.90 Å². The van der Waals surface area contributed by atoms with Crippen molar-refractivity contribution in [3.8, 4) is 0 Å². The summed E-state index contributed by atoms with van der Waals surface area (Å²) < 4.78 is 0. The highest BCUT2D eigenvalue weighted by Gasteiger charge is 2.21. The number of carboxylic acids is 1. The fraction of sp³-hybridized carbons (Fsp3) is 0.875. The first-order valence-corrected chi connectivity index (χ1v) is 4.11. The summed E-state index contributed by atoms with van der Waals surface area (Å²) in [6.45, 7) is 1.76. The summed E-state index contributed by atoms with van der Waals surface area (Å²) in [5.41, 5.74) is 0. The van der Waals surface area contributed by atoms with E-state index in [4.69, 9.17) is 5.11 Å². The van der Waals surface area contributed by atoms with Gasteiger partial charge in [0.05, 0.1) is 5.92 Å². The van der Waals surface area contributed by atoms with Gasteiger partial charge in [0.2, 0.25) is 0 Å². The molecule has 0 bridgehead atoms. The SMILES string of the molecule is CN1CCCC[C@@H](C(=O)O)C1. The first-order chi connectivity index (χ1) is 5.20. The number of hydrogen-bond acceptors (Lipinski definition) is 2. The normalized spacial score (nSPS) is 27.9. The zero-order valence-corrected chi connectivity index (χ0v) is 6.92. The van der Waals surface area contributed by atoms with Crippen LogP contribution in [0.3, 0.4) is 0 Å². The lowest BCUT2D eigenvalue weighted by molar-refractivity contribution is -0.142. The molecule has 11 heavy (non-hydrogen) atoms. The summed E-state index contributed by atoms with van der Waals surface area (Å²) in [6.07, 6.45) is 3.04.